The first kappa shape index (κ1) is 17.8. The summed E-state index contributed by atoms with van der Waals surface area (Å²) in [6.45, 7) is -0.471. The van der Waals surface area contributed by atoms with Gasteiger partial charge in [0.2, 0.25) is 0 Å². The lowest BCUT2D eigenvalue weighted by Gasteiger charge is -2.21. The molecule has 128 valence electrons. The van der Waals surface area contributed by atoms with Gasteiger partial charge in [-0.25, -0.2) is 21.6 Å². The lowest BCUT2D eigenvalue weighted by atomic mass is 9.97. The number of esters is 1. The molecule has 0 aromatic heterocycles. The molecule has 1 aliphatic heterocycles. The van der Waals surface area contributed by atoms with Gasteiger partial charge >= 0.3 is 5.97 Å². The van der Waals surface area contributed by atoms with Crippen LogP contribution in [0.3, 0.4) is 0 Å². The molecule has 0 unspecified atom stereocenters. The summed E-state index contributed by atoms with van der Waals surface area (Å²) in [6, 6.07) is 1.79. The zero-order valence-corrected chi connectivity index (χ0v) is 13.2. The van der Waals surface area contributed by atoms with Crippen molar-refractivity contribution in [3.8, 4) is 0 Å². The monoisotopic (exact) mass is 350 g/mol. The molecule has 0 saturated carbocycles. The summed E-state index contributed by atoms with van der Waals surface area (Å²) < 4.78 is 66.6. The van der Waals surface area contributed by atoms with Gasteiger partial charge < -0.3 is 4.74 Å². The number of hydrogen-bond donors (Lipinski definition) is 0. The summed E-state index contributed by atoms with van der Waals surface area (Å²) in [6.07, 6.45) is 1.62. The van der Waals surface area contributed by atoms with Crippen LogP contribution in [0.1, 0.15) is 31.2 Å². The van der Waals surface area contributed by atoms with Crippen molar-refractivity contribution in [3.05, 3.63) is 35.1 Å². The summed E-state index contributed by atoms with van der Waals surface area (Å²) in [5.74, 6) is -4.43. The molecule has 0 bridgehead atoms. The molecule has 1 fully saturated rings. The number of carbonyl (C=O) groups excluding carboxylic acids is 1. The van der Waals surface area contributed by atoms with E-state index in [1.54, 1.807) is 0 Å². The van der Waals surface area contributed by atoms with E-state index >= 15 is 0 Å². The fourth-order valence-corrected chi connectivity index (χ4v) is 4.05. The second-order valence-corrected chi connectivity index (χ2v) is 7.93. The third-order valence-corrected chi connectivity index (χ3v) is 5.65. The molecule has 23 heavy (non-hydrogen) atoms. The summed E-state index contributed by atoms with van der Waals surface area (Å²) in [4.78, 5) is 11.6. The second kappa shape index (κ2) is 7.33. The quantitative estimate of drug-likeness (QED) is 0.605. The largest absolute Gasteiger partial charge is 0.461 e. The zero-order chi connectivity index (χ0) is 17.0. The molecule has 0 amide bonds. The van der Waals surface area contributed by atoms with Gasteiger partial charge in [-0.1, -0.05) is 0 Å². The Morgan fingerprint density at radius 3 is 2.43 bits per heavy atom. The van der Waals surface area contributed by atoms with Crippen molar-refractivity contribution in [2.75, 3.05) is 11.5 Å². The van der Waals surface area contributed by atoms with Gasteiger partial charge in [-0.3, -0.25) is 4.79 Å². The van der Waals surface area contributed by atoms with E-state index < -0.39 is 39.9 Å². The van der Waals surface area contributed by atoms with Crippen molar-refractivity contribution in [2.24, 2.45) is 5.92 Å². The molecule has 1 aromatic carbocycles. The SMILES string of the molecule is O=C(CCC1CCS(=O)(=O)CC1)OCc1ccc(F)c(F)c1F. The highest BCUT2D eigenvalue weighted by Gasteiger charge is 2.24. The Labute approximate surface area is 132 Å². The number of rotatable bonds is 5. The maximum Gasteiger partial charge on any atom is 0.306 e. The highest BCUT2D eigenvalue weighted by molar-refractivity contribution is 7.91. The van der Waals surface area contributed by atoms with Gasteiger partial charge in [0.25, 0.3) is 0 Å². The number of hydrogen-bond acceptors (Lipinski definition) is 4. The number of halogens is 3. The average Bonchev–Trinajstić information content (AvgIpc) is 2.51. The molecule has 0 aliphatic carbocycles. The maximum atomic E-state index is 13.4. The van der Waals surface area contributed by atoms with E-state index in [-0.39, 0.29) is 29.4 Å². The Bertz CT molecular complexity index is 674. The van der Waals surface area contributed by atoms with Crippen LogP contribution in [0.4, 0.5) is 13.2 Å². The van der Waals surface area contributed by atoms with Gasteiger partial charge in [-0.2, -0.15) is 0 Å². The minimum Gasteiger partial charge on any atom is -0.461 e. The molecular formula is C15H17F3O4S. The molecule has 0 atom stereocenters. The van der Waals surface area contributed by atoms with Gasteiger partial charge in [0.05, 0.1) is 11.5 Å². The summed E-state index contributed by atoms with van der Waals surface area (Å²) >= 11 is 0. The Morgan fingerprint density at radius 2 is 1.78 bits per heavy atom. The molecule has 0 N–H and O–H groups in total. The molecule has 1 aromatic rings. The van der Waals surface area contributed by atoms with E-state index in [1.807, 2.05) is 0 Å². The standard InChI is InChI=1S/C15H17F3O4S/c16-12-3-2-11(14(17)15(12)18)9-22-13(19)4-1-10-5-7-23(20,21)8-6-10/h2-3,10H,1,4-9H2. The molecule has 8 heteroatoms. The van der Waals surface area contributed by atoms with Crippen molar-refractivity contribution in [3.63, 3.8) is 0 Å². The van der Waals surface area contributed by atoms with E-state index in [2.05, 4.69) is 0 Å². The smallest absolute Gasteiger partial charge is 0.306 e. The second-order valence-electron chi connectivity index (χ2n) is 5.63. The summed E-state index contributed by atoms with van der Waals surface area (Å²) in [7, 11) is -2.94. The normalized spacial score (nSPS) is 17.9. The maximum absolute atomic E-state index is 13.4. The van der Waals surface area contributed by atoms with Crippen LogP contribution in [0.5, 0.6) is 0 Å². The third-order valence-electron chi connectivity index (χ3n) is 3.93. The summed E-state index contributed by atoms with van der Waals surface area (Å²) in [5, 5.41) is 0. The van der Waals surface area contributed by atoms with E-state index in [4.69, 9.17) is 4.74 Å². The molecule has 4 nitrogen and oxygen atoms in total. The first-order chi connectivity index (χ1) is 10.8. The highest BCUT2D eigenvalue weighted by Crippen LogP contribution is 2.23. The van der Waals surface area contributed by atoms with Gasteiger partial charge in [-0.15, -0.1) is 0 Å². The number of carbonyl (C=O) groups is 1. The predicted molar refractivity (Wildman–Crippen MR) is 76.7 cm³/mol. The molecule has 0 spiro atoms. The first-order valence-electron chi connectivity index (χ1n) is 7.27. The van der Waals surface area contributed by atoms with Crippen molar-refractivity contribution in [1.82, 2.24) is 0 Å². The first-order valence-corrected chi connectivity index (χ1v) is 9.09. The van der Waals surface area contributed by atoms with E-state index in [9.17, 15) is 26.4 Å². The van der Waals surface area contributed by atoms with Crippen LogP contribution in [-0.4, -0.2) is 25.9 Å². The minimum atomic E-state index is -2.94. The highest BCUT2D eigenvalue weighted by atomic mass is 32.2. The Morgan fingerprint density at radius 1 is 1.13 bits per heavy atom. The number of sulfone groups is 1. The number of benzene rings is 1. The Balaban J connectivity index is 1.77. The van der Waals surface area contributed by atoms with Crippen LogP contribution in [-0.2, 0) is 26.0 Å². The molecular weight excluding hydrogens is 333 g/mol. The van der Waals surface area contributed by atoms with Crippen molar-refractivity contribution in [1.29, 1.82) is 0 Å². The summed E-state index contributed by atoms with van der Waals surface area (Å²) in [5.41, 5.74) is -0.235. The fourth-order valence-electron chi connectivity index (χ4n) is 2.46. The van der Waals surface area contributed by atoms with Gasteiger partial charge in [0, 0.05) is 12.0 Å². The van der Waals surface area contributed by atoms with Crippen molar-refractivity contribution < 1.29 is 31.1 Å². The van der Waals surface area contributed by atoms with E-state index in [0.29, 0.717) is 19.3 Å². The molecule has 0 radical (unpaired) electrons. The van der Waals surface area contributed by atoms with Gasteiger partial charge in [-0.05, 0) is 37.3 Å². The van der Waals surface area contributed by atoms with Crippen LogP contribution in [0.2, 0.25) is 0 Å². The van der Waals surface area contributed by atoms with Crippen LogP contribution < -0.4 is 0 Å². The Kier molecular flexibility index (Phi) is 5.67. The minimum absolute atomic E-state index is 0.0794. The van der Waals surface area contributed by atoms with E-state index in [0.717, 1.165) is 12.1 Å². The van der Waals surface area contributed by atoms with Crippen molar-refractivity contribution >= 4 is 15.8 Å². The zero-order valence-electron chi connectivity index (χ0n) is 12.4. The van der Waals surface area contributed by atoms with Crippen LogP contribution in [0.25, 0.3) is 0 Å². The van der Waals surface area contributed by atoms with Crippen LogP contribution in [0.15, 0.2) is 12.1 Å². The average molecular weight is 350 g/mol. The molecule has 1 aliphatic rings. The predicted octanol–water partition coefficient (Wildman–Crippen LogP) is 2.75. The molecule has 1 saturated heterocycles. The Hall–Kier alpha value is -1.57. The van der Waals surface area contributed by atoms with Crippen molar-refractivity contribution in [2.45, 2.75) is 32.3 Å². The molecule has 1 heterocycles. The molecule has 2 rings (SSSR count). The topological polar surface area (TPSA) is 60.4 Å². The van der Waals surface area contributed by atoms with E-state index in [1.165, 1.54) is 0 Å². The third kappa shape index (κ3) is 4.95. The number of ether oxygens (including phenoxy) is 1. The lowest BCUT2D eigenvalue weighted by Crippen LogP contribution is -2.23. The van der Waals surface area contributed by atoms with Crippen LogP contribution >= 0.6 is 0 Å². The lowest BCUT2D eigenvalue weighted by molar-refractivity contribution is -0.145. The van der Waals surface area contributed by atoms with Gasteiger partial charge in [0.1, 0.15) is 16.4 Å². The van der Waals surface area contributed by atoms with Crippen LogP contribution in [0, 0.1) is 23.4 Å². The van der Waals surface area contributed by atoms with Gasteiger partial charge in [0.15, 0.2) is 17.5 Å². The fraction of sp³-hybridized carbons (Fsp3) is 0.533.